The number of hydrogen-bond acceptors (Lipinski definition) is 3. The fraction of sp³-hybridized carbons (Fsp3) is 0.333. The second-order valence-corrected chi connectivity index (χ2v) is 28.6. The van der Waals surface area contributed by atoms with Crippen LogP contribution in [-0.2, 0) is 32.5 Å². The predicted molar refractivity (Wildman–Crippen MR) is 332 cm³/mol. The highest BCUT2D eigenvalue weighted by molar-refractivity contribution is 6.94. The number of nitrogens with zero attached hydrogens (tertiary/aromatic N) is 3. The van der Waals surface area contributed by atoms with Crippen LogP contribution in [0.2, 0.25) is 0 Å². The zero-order valence-corrected chi connectivity index (χ0v) is 48.6. The molecular weight excluding hydrogens is 934 g/mol. The number of para-hydroxylation sites is 1. The Kier molecular flexibility index (Phi) is 10.5. The molecule has 77 heavy (non-hydrogen) atoms. The van der Waals surface area contributed by atoms with Crippen molar-refractivity contribution in [3.63, 3.8) is 0 Å². The molecule has 0 bridgehead atoms. The Balaban J connectivity index is 1.20. The highest BCUT2D eigenvalue weighted by atomic mass is 16.3. The summed E-state index contributed by atoms with van der Waals surface area (Å²) >= 11 is 0. The lowest BCUT2D eigenvalue weighted by Gasteiger charge is -2.46. The minimum Gasteiger partial charge on any atom is -0.455 e. The summed E-state index contributed by atoms with van der Waals surface area (Å²) in [5.41, 5.74) is 24.8. The van der Waals surface area contributed by atoms with E-state index >= 15 is 0 Å². The number of benzene rings is 8. The number of furan rings is 1. The molecule has 0 fully saturated rings. The highest BCUT2D eigenvalue weighted by Gasteiger charge is 2.48. The van der Waals surface area contributed by atoms with Gasteiger partial charge in [-0.1, -0.05) is 178 Å². The minimum absolute atomic E-state index is 0.000343. The third-order valence-corrected chi connectivity index (χ3v) is 18.3. The SMILES string of the molecule is CC(C)(C)c1ccc(N2B3c4cc(C(C)(C)C)ccc4-n4c5cc(N(c6ccc(C(C)(C)C)cc6)c6ccc(C(C)(C)C)cc6)ccc5c5c6oc7ccccc7c6c(c3c54)-c3cc4c(cc32)C(C)(C)CCC4(C)C)cc1. The molecule has 0 atom stereocenters. The molecule has 10 aromatic rings. The molecule has 0 N–H and O–H groups in total. The summed E-state index contributed by atoms with van der Waals surface area (Å²) in [5.74, 6) is 0. The maximum atomic E-state index is 7.38. The number of anilines is 5. The summed E-state index contributed by atoms with van der Waals surface area (Å²) in [6.07, 6.45) is 2.28. The molecular formula is C72H76BN3O. The Morgan fingerprint density at radius 2 is 1.01 bits per heavy atom. The summed E-state index contributed by atoms with van der Waals surface area (Å²) in [4.78, 5) is 5.20. The zero-order valence-electron chi connectivity index (χ0n) is 48.6. The molecule has 0 radical (unpaired) electrons. The second kappa shape index (κ2) is 16.3. The van der Waals surface area contributed by atoms with Crippen LogP contribution in [0.1, 0.15) is 157 Å². The molecule has 13 rings (SSSR count). The standard InChI is InChI=1S/C72H76BN3O/c1-67(2,3)43-21-28-47(29-22-43)74(48-30-23-44(24-31-48)68(4,5)6)50-34-35-51-58(40-50)75-57-36-27-46(70(10,11)12)39-56(57)73-64-61(62-52-19-17-18-20-60(52)77-66(62)63(51)65(64)75)53-41-54-55(72(15,16)38-37-71(54,13)14)42-59(53)76(73)49-32-25-45(26-33-49)69(7,8)9/h17-36,39-42H,37-38H2,1-16H3. The molecule has 388 valence electrons. The van der Waals surface area contributed by atoms with Crippen molar-refractivity contribution in [3.05, 3.63) is 179 Å². The molecule has 0 spiro atoms. The topological polar surface area (TPSA) is 24.6 Å². The van der Waals surface area contributed by atoms with E-state index in [1.54, 1.807) is 0 Å². The van der Waals surface area contributed by atoms with Gasteiger partial charge in [0.25, 0.3) is 0 Å². The molecule has 5 heteroatoms. The quantitative estimate of drug-likeness (QED) is 0.164. The first kappa shape index (κ1) is 49.6. The van der Waals surface area contributed by atoms with Crippen LogP contribution in [0.25, 0.3) is 60.6 Å². The van der Waals surface area contributed by atoms with Crippen LogP contribution in [0.4, 0.5) is 28.4 Å². The lowest BCUT2D eigenvalue weighted by molar-refractivity contribution is 0.332. The Morgan fingerprint density at radius 3 is 1.58 bits per heavy atom. The lowest BCUT2D eigenvalue weighted by Crippen LogP contribution is -2.61. The number of fused-ring (bicyclic) bond motifs is 14. The molecule has 3 aliphatic rings. The first-order valence-electron chi connectivity index (χ1n) is 28.4. The molecule has 4 heterocycles. The van der Waals surface area contributed by atoms with Gasteiger partial charge in [0.15, 0.2) is 0 Å². The molecule has 2 aromatic heterocycles. The number of rotatable bonds is 4. The van der Waals surface area contributed by atoms with Crippen LogP contribution in [0, 0.1) is 0 Å². The molecule has 2 aliphatic heterocycles. The summed E-state index contributed by atoms with van der Waals surface area (Å²) in [6, 6.07) is 56.7. The average Bonchev–Trinajstić information content (AvgIpc) is 4.19. The molecule has 8 aromatic carbocycles. The van der Waals surface area contributed by atoms with Crippen LogP contribution in [0.5, 0.6) is 0 Å². The molecule has 4 nitrogen and oxygen atoms in total. The van der Waals surface area contributed by atoms with E-state index in [4.69, 9.17) is 4.42 Å². The van der Waals surface area contributed by atoms with E-state index < -0.39 is 0 Å². The van der Waals surface area contributed by atoms with E-state index in [0.717, 1.165) is 46.5 Å². The van der Waals surface area contributed by atoms with E-state index in [-0.39, 0.29) is 39.3 Å². The average molecular weight is 1010 g/mol. The first-order valence-corrected chi connectivity index (χ1v) is 28.4. The third kappa shape index (κ3) is 7.52. The fourth-order valence-electron chi connectivity index (χ4n) is 13.5. The third-order valence-electron chi connectivity index (χ3n) is 18.3. The van der Waals surface area contributed by atoms with Gasteiger partial charge >= 0.3 is 6.85 Å². The van der Waals surface area contributed by atoms with Gasteiger partial charge in [0.05, 0.1) is 16.4 Å². The van der Waals surface area contributed by atoms with Crippen LogP contribution < -0.4 is 20.6 Å². The van der Waals surface area contributed by atoms with Crippen molar-refractivity contribution >= 4 is 90.0 Å². The first-order chi connectivity index (χ1) is 36.2. The Labute approximate surface area is 458 Å². The summed E-state index contributed by atoms with van der Waals surface area (Å²) < 4.78 is 10.0. The van der Waals surface area contributed by atoms with E-state index in [1.807, 2.05) is 0 Å². The molecule has 0 saturated heterocycles. The zero-order chi connectivity index (χ0) is 54.3. The van der Waals surface area contributed by atoms with Crippen molar-refractivity contribution < 1.29 is 4.42 Å². The van der Waals surface area contributed by atoms with E-state index in [9.17, 15) is 0 Å². The lowest BCUT2D eigenvalue weighted by atomic mass is 9.43. The molecule has 0 amide bonds. The highest BCUT2D eigenvalue weighted by Crippen LogP contribution is 2.56. The fourth-order valence-corrected chi connectivity index (χ4v) is 13.5. The summed E-state index contributed by atoms with van der Waals surface area (Å²) in [7, 11) is 0. The van der Waals surface area contributed by atoms with E-state index in [1.165, 1.54) is 99.7 Å². The van der Waals surface area contributed by atoms with Crippen LogP contribution in [0.15, 0.2) is 150 Å². The number of hydrogen-bond donors (Lipinski definition) is 0. The van der Waals surface area contributed by atoms with Crippen molar-refractivity contribution in [3.8, 4) is 16.8 Å². The van der Waals surface area contributed by atoms with E-state index in [2.05, 4.69) is 271 Å². The smallest absolute Gasteiger partial charge is 0.333 e. The van der Waals surface area contributed by atoms with Crippen LogP contribution in [0.3, 0.4) is 0 Å². The molecule has 0 unspecified atom stereocenters. The summed E-state index contributed by atoms with van der Waals surface area (Å²) in [5, 5.41) is 4.74. The van der Waals surface area contributed by atoms with Crippen molar-refractivity contribution in [2.24, 2.45) is 0 Å². The van der Waals surface area contributed by atoms with Crippen molar-refractivity contribution in [2.75, 3.05) is 9.71 Å². The van der Waals surface area contributed by atoms with Gasteiger partial charge in [-0.15, -0.1) is 0 Å². The maximum absolute atomic E-state index is 7.38. The van der Waals surface area contributed by atoms with Gasteiger partial charge in [-0.25, -0.2) is 0 Å². The Hall–Kier alpha value is -6.98. The maximum Gasteiger partial charge on any atom is 0.333 e. The van der Waals surface area contributed by atoms with Crippen molar-refractivity contribution in [1.29, 1.82) is 0 Å². The largest absolute Gasteiger partial charge is 0.455 e. The van der Waals surface area contributed by atoms with Gasteiger partial charge in [0.2, 0.25) is 0 Å². The van der Waals surface area contributed by atoms with Crippen LogP contribution in [-0.4, -0.2) is 11.4 Å². The van der Waals surface area contributed by atoms with Gasteiger partial charge in [0.1, 0.15) is 11.2 Å². The molecule has 0 saturated carbocycles. The van der Waals surface area contributed by atoms with Gasteiger partial charge in [0, 0.05) is 55.8 Å². The van der Waals surface area contributed by atoms with Crippen molar-refractivity contribution in [1.82, 2.24) is 4.57 Å². The number of aromatic nitrogens is 1. The second-order valence-electron chi connectivity index (χ2n) is 28.6. The minimum atomic E-state index is -0.149. The Bertz CT molecular complexity index is 4000. The van der Waals surface area contributed by atoms with Crippen LogP contribution >= 0.6 is 0 Å². The Morgan fingerprint density at radius 1 is 0.494 bits per heavy atom. The molecule has 1 aliphatic carbocycles. The van der Waals surface area contributed by atoms with Gasteiger partial charge in [-0.2, -0.15) is 0 Å². The summed E-state index contributed by atoms with van der Waals surface area (Å²) in [6.45, 7) is 37.5. The van der Waals surface area contributed by atoms with Gasteiger partial charge in [-0.3, -0.25) is 0 Å². The predicted octanol–water partition coefficient (Wildman–Crippen LogP) is 18.9. The monoisotopic (exact) mass is 1010 g/mol. The van der Waals surface area contributed by atoms with E-state index in [0.29, 0.717) is 0 Å². The van der Waals surface area contributed by atoms with Crippen molar-refractivity contribution in [2.45, 2.75) is 156 Å². The van der Waals surface area contributed by atoms with Gasteiger partial charge < -0.3 is 18.7 Å². The van der Waals surface area contributed by atoms with Gasteiger partial charge in [-0.05, 0) is 174 Å². The normalized spacial score (nSPS) is 15.8.